The maximum absolute atomic E-state index is 12.5. The Morgan fingerprint density at radius 1 is 1.28 bits per heavy atom. The van der Waals surface area contributed by atoms with Gasteiger partial charge in [0, 0.05) is 18.2 Å². The summed E-state index contributed by atoms with van der Waals surface area (Å²) in [6.07, 6.45) is 5.09. The van der Waals surface area contributed by atoms with Crippen LogP contribution in [0.15, 0.2) is 23.1 Å². The highest BCUT2D eigenvalue weighted by Crippen LogP contribution is 2.23. The maximum Gasteiger partial charge on any atom is 0.251 e. The van der Waals surface area contributed by atoms with Crippen LogP contribution < -0.4 is 15.4 Å². The molecule has 3 rings (SSSR count). The second-order valence-electron chi connectivity index (χ2n) is 7.13. The van der Waals surface area contributed by atoms with Gasteiger partial charge in [-0.2, -0.15) is 0 Å². The summed E-state index contributed by atoms with van der Waals surface area (Å²) < 4.78 is 27.3. The molecule has 1 aliphatic heterocycles. The molecule has 3 N–H and O–H groups in total. The number of aryl methyl sites for hydroxylation is 1. The smallest absolute Gasteiger partial charge is 0.251 e. The van der Waals surface area contributed by atoms with Crippen LogP contribution in [0.2, 0.25) is 0 Å². The van der Waals surface area contributed by atoms with Crippen LogP contribution >= 0.6 is 0 Å². The number of rotatable bonds is 7. The van der Waals surface area contributed by atoms with Gasteiger partial charge in [0.05, 0.1) is 4.90 Å². The van der Waals surface area contributed by atoms with Crippen LogP contribution in [0.4, 0.5) is 0 Å². The van der Waals surface area contributed by atoms with Gasteiger partial charge in [0.1, 0.15) is 0 Å². The van der Waals surface area contributed by atoms with E-state index in [4.69, 9.17) is 0 Å². The molecular weight excluding hydrogens is 338 g/mol. The molecule has 1 saturated heterocycles. The SMILES string of the molecule is Cc1ccc(S(=O)(=O)NC2CC2)cc1C(=O)NCCC1CCCNC1. The van der Waals surface area contributed by atoms with Crippen molar-refractivity contribution in [1.82, 2.24) is 15.4 Å². The third-order valence-electron chi connectivity index (χ3n) is 4.90. The lowest BCUT2D eigenvalue weighted by Gasteiger charge is -2.22. The van der Waals surface area contributed by atoms with Crippen molar-refractivity contribution >= 4 is 15.9 Å². The molecule has 25 heavy (non-hydrogen) atoms. The zero-order chi connectivity index (χ0) is 17.9. The Labute approximate surface area is 149 Å². The first-order valence-corrected chi connectivity index (χ1v) is 10.6. The third kappa shape index (κ3) is 5.03. The van der Waals surface area contributed by atoms with Crippen molar-refractivity contribution in [3.8, 4) is 0 Å². The molecule has 0 bridgehead atoms. The molecule has 1 unspecified atom stereocenters. The van der Waals surface area contributed by atoms with Gasteiger partial charge < -0.3 is 10.6 Å². The van der Waals surface area contributed by atoms with Gasteiger partial charge in [-0.05, 0) is 75.7 Å². The van der Waals surface area contributed by atoms with Crippen molar-refractivity contribution in [2.75, 3.05) is 19.6 Å². The molecule has 0 radical (unpaired) electrons. The highest BCUT2D eigenvalue weighted by Gasteiger charge is 2.28. The molecule has 1 saturated carbocycles. The quantitative estimate of drug-likeness (QED) is 0.684. The zero-order valence-electron chi connectivity index (χ0n) is 14.7. The highest BCUT2D eigenvalue weighted by atomic mass is 32.2. The number of amides is 1. The van der Waals surface area contributed by atoms with Crippen LogP contribution in [-0.2, 0) is 10.0 Å². The first kappa shape index (κ1) is 18.4. The molecule has 1 aromatic rings. The van der Waals surface area contributed by atoms with E-state index in [-0.39, 0.29) is 16.8 Å². The second kappa shape index (κ2) is 7.85. The first-order chi connectivity index (χ1) is 12.0. The lowest BCUT2D eigenvalue weighted by Crippen LogP contribution is -2.33. The Kier molecular flexibility index (Phi) is 5.76. The van der Waals surface area contributed by atoms with Crippen LogP contribution in [0, 0.1) is 12.8 Å². The first-order valence-electron chi connectivity index (χ1n) is 9.07. The van der Waals surface area contributed by atoms with Crippen molar-refractivity contribution in [3.63, 3.8) is 0 Å². The standard InChI is InChI=1S/C18H27N3O3S/c1-13-4-7-16(25(23,24)21-15-5-6-15)11-17(13)18(22)20-10-8-14-3-2-9-19-12-14/h4,7,11,14-15,19,21H,2-3,5-6,8-10,12H2,1H3,(H,20,22). The van der Waals surface area contributed by atoms with Crippen molar-refractivity contribution in [2.45, 2.75) is 50.0 Å². The summed E-state index contributed by atoms with van der Waals surface area (Å²) >= 11 is 0. The molecule has 0 aromatic heterocycles. The van der Waals surface area contributed by atoms with Gasteiger partial charge in [-0.1, -0.05) is 6.07 Å². The Balaban J connectivity index is 1.61. The fraction of sp³-hybridized carbons (Fsp3) is 0.611. The molecule has 6 nitrogen and oxygen atoms in total. The van der Waals surface area contributed by atoms with Gasteiger partial charge in [-0.25, -0.2) is 13.1 Å². The van der Waals surface area contributed by atoms with Gasteiger partial charge in [0.15, 0.2) is 0 Å². The molecule has 2 aliphatic rings. The Morgan fingerprint density at radius 2 is 2.08 bits per heavy atom. The van der Waals surface area contributed by atoms with E-state index in [0.717, 1.165) is 37.9 Å². The summed E-state index contributed by atoms with van der Waals surface area (Å²) in [5, 5.41) is 6.31. The number of carbonyl (C=O) groups excluding carboxylic acids is 1. The Bertz CT molecular complexity index is 723. The van der Waals surface area contributed by atoms with Gasteiger partial charge in [0.25, 0.3) is 5.91 Å². The van der Waals surface area contributed by atoms with Crippen LogP contribution in [0.1, 0.15) is 48.0 Å². The van der Waals surface area contributed by atoms with E-state index < -0.39 is 10.0 Å². The minimum atomic E-state index is -3.55. The third-order valence-corrected chi connectivity index (χ3v) is 6.42. The molecule has 2 fully saturated rings. The normalized spacial score (nSPS) is 21.1. The predicted molar refractivity (Wildman–Crippen MR) is 97.1 cm³/mol. The topological polar surface area (TPSA) is 87.3 Å². The number of benzene rings is 1. The minimum Gasteiger partial charge on any atom is -0.352 e. The van der Waals surface area contributed by atoms with Crippen molar-refractivity contribution in [2.24, 2.45) is 5.92 Å². The molecule has 1 amide bonds. The molecule has 1 aromatic carbocycles. The minimum absolute atomic E-state index is 0.0488. The number of nitrogens with one attached hydrogen (secondary N) is 3. The fourth-order valence-corrected chi connectivity index (χ4v) is 4.49. The van der Waals surface area contributed by atoms with E-state index in [1.807, 2.05) is 6.92 Å². The van der Waals surface area contributed by atoms with Gasteiger partial charge in [0.2, 0.25) is 10.0 Å². The molecule has 1 aliphatic carbocycles. The van der Waals surface area contributed by atoms with Gasteiger partial charge in [-0.3, -0.25) is 4.79 Å². The van der Waals surface area contributed by atoms with Crippen LogP contribution in [-0.4, -0.2) is 40.0 Å². The Hall–Kier alpha value is -1.44. The number of hydrogen-bond acceptors (Lipinski definition) is 4. The van der Waals surface area contributed by atoms with Crippen LogP contribution in [0.3, 0.4) is 0 Å². The monoisotopic (exact) mass is 365 g/mol. The summed E-state index contributed by atoms with van der Waals surface area (Å²) in [5.41, 5.74) is 1.21. The fourth-order valence-electron chi connectivity index (χ4n) is 3.16. The average Bonchev–Trinajstić information content (AvgIpc) is 3.39. The van der Waals surface area contributed by atoms with E-state index >= 15 is 0 Å². The molecular formula is C18H27N3O3S. The molecule has 1 heterocycles. The predicted octanol–water partition coefficient (Wildman–Crippen LogP) is 1.56. The van der Waals surface area contributed by atoms with E-state index in [1.165, 1.54) is 18.9 Å². The summed E-state index contributed by atoms with van der Waals surface area (Å²) in [7, 11) is -3.55. The van der Waals surface area contributed by atoms with Gasteiger partial charge in [-0.15, -0.1) is 0 Å². The number of piperidine rings is 1. The van der Waals surface area contributed by atoms with Crippen LogP contribution in [0.25, 0.3) is 0 Å². The van der Waals surface area contributed by atoms with Crippen molar-refractivity contribution < 1.29 is 13.2 Å². The number of carbonyl (C=O) groups is 1. The largest absolute Gasteiger partial charge is 0.352 e. The highest BCUT2D eigenvalue weighted by molar-refractivity contribution is 7.89. The average molecular weight is 365 g/mol. The van der Waals surface area contributed by atoms with Crippen LogP contribution in [0.5, 0.6) is 0 Å². The summed E-state index contributed by atoms with van der Waals surface area (Å²) in [5.74, 6) is 0.398. The van der Waals surface area contributed by atoms with Gasteiger partial charge >= 0.3 is 0 Å². The summed E-state index contributed by atoms with van der Waals surface area (Å²) in [6.45, 7) is 4.53. The summed E-state index contributed by atoms with van der Waals surface area (Å²) in [6, 6.07) is 4.79. The molecule has 7 heteroatoms. The zero-order valence-corrected chi connectivity index (χ0v) is 15.5. The second-order valence-corrected chi connectivity index (χ2v) is 8.84. The molecule has 1 atom stereocenters. The van der Waals surface area contributed by atoms with E-state index in [9.17, 15) is 13.2 Å². The van der Waals surface area contributed by atoms with Crippen molar-refractivity contribution in [3.05, 3.63) is 29.3 Å². The lowest BCUT2D eigenvalue weighted by atomic mass is 9.96. The molecule has 0 spiro atoms. The summed E-state index contributed by atoms with van der Waals surface area (Å²) in [4.78, 5) is 12.6. The molecule has 138 valence electrons. The Morgan fingerprint density at radius 3 is 2.76 bits per heavy atom. The number of hydrogen-bond donors (Lipinski definition) is 3. The maximum atomic E-state index is 12.5. The van der Waals surface area contributed by atoms with Crippen molar-refractivity contribution in [1.29, 1.82) is 0 Å². The van der Waals surface area contributed by atoms with E-state index in [2.05, 4.69) is 15.4 Å². The number of sulfonamides is 1. The lowest BCUT2D eigenvalue weighted by molar-refractivity contribution is 0.0950. The van der Waals surface area contributed by atoms with E-state index in [1.54, 1.807) is 12.1 Å². The van der Waals surface area contributed by atoms with E-state index in [0.29, 0.717) is 18.0 Å².